The highest BCUT2D eigenvalue weighted by Gasteiger charge is 2.18. The van der Waals surface area contributed by atoms with Crippen molar-refractivity contribution >= 4 is 39.2 Å². The molecule has 1 aromatic carbocycles. The van der Waals surface area contributed by atoms with E-state index in [2.05, 4.69) is 10.00 Å². The third kappa shape index (κ3) is 3.61. The molecule has 1 aromatic heterocycles. The molecular formula is C14H16BrFN4OS. The van der Waals surface area contributed by atoms with E-state index in [9.17, 15) is 9.18 Å². The number of rotatable bonds is 4. The largest absolute Gasteiger partial charge is 0.347 e. The van der Waals surface area contributed by atoms with E-state index in [4.69, 9.17) is 5.41 Å². The number of nitrogens with one attached hydrogen (secondary N) is 1. The number of benzene rings is 1. The maximum atomic E-state index is 12.9. The van der Waals surface area contributed by atoms with Gasteiger partial charge in [0.15, 0.2) is 5.78 Å². The van der Waals surface area contributed by atoms with Crippen molar-refractivity contribution in [2.75, 3.05) is 18.0 Å². The van der Waals surface area contributed by atoms with Crippen molar-refractivity contribution in [1.29, 1.82) is 5.41 Å². The molecule has 118 valence electrons. The molecule has 0 spiro atoms. The van der Waals surface area contributed by atoms with Gasteiger partial charge in [-0.15, -0.1) is 22.1 Å². The predicted octanol–water partition coefficient (Wildman–Crippen LogP) is 2.62. The van der Waals surface area contributed by atoms with Gasteiger partial charge in [0.05, 0.1) is 0 Å². The minimum atomic E-state index is -0.370. The normalized spacial score (nSPS) is 14.0. The average molecular weight is 387 g/mol. The molecule has 0 atom stereocenters. The summed E-state index contributed by atoms with van der Waals surface area (Å²) in [5, 5.41) is 13.1. The quantitative estimate of drug-likeness (QED) is 0.821. The first kappa shape index (κ1) is 16.8. The van der Waals surface area contributed by atoms with E-state index in [1.165, 1.54) is 40.3 Å². The van der Waals surface area contributed by atoms with E-state index in [1.807, 2.05) is 0 Å². The molecular weight excluding hydrogens is 371 g/mol. The van der Waals surface area contributed by atoms with Gasteiger partial charge in [0, 0.05) is 18.7 Å². The summed E-state index contributed by atoms with van der Waals surface area (Å²) in [7, 11) is 0. The zero-order chi connectivity index (χ0) is 14.8. The Morgan fingerprint density at radius 2 is 1.91 bits per heavy atom. The number of carbonyl (C=O) groups is 1. The van der Waals surface area contributed by atoms with E-state index < -0.39 is 0 Å². The second-order valence-corrected chi connectivity index (χ2v) is 5.93. The van der Waals surface area contributed by atoms with Crippen LogP contribution in [0.4, 0.5) is 9.52 Å². The van der Waals surface area contributed by atoms with Crippen LogP contribution >= 0.6 is 28.3 Å². The molecule has 0 unspecified atom stereocenters. The zero-order valence-electron chi connectivity index (χ0n) is 11.8. The summed E-state index contributed by atoms with van der Waals surface area (Å²) < 4.78 is 14.3. The second-order valence-electron chi connectivity index (χ2n) is 4.97. The summed E-state index contributed by atoms with van der Waals surface area (Å²) >= 11 is 1.28. The van der Waals surface area contributed by atoms with Crippen LogP contribution in [-0.4, -0.2) is 28.7 Å². The molecule has 2 heterocycles. The zero-order valence-corrected chi connectivity index (χ0v) is 14.3. The van der Waals surface area contributed by atoms with E-state index in [1.54, 1.807) is 0 Å². The number of aromatic nitrogens is 2. The van der Waals surface area contributed by atoms with Crippen LogP contribution in [-0.2, 0) is 6.54 Å². The molecule has 1 aliphatic rings. The molecule has 1 saturated heterocycles. The van der Waals surface area contributed by atoms with Gasteiger partial charge in [-0.3, -0.25) is 10.2 Å². The molecule has 0 saturated carbocycles. The highest BCUT2D eigenvalue weighted by Crippen LogP contribution is 2.19. The first-order chi connectivity index (χ1) is 10.1. The fourth-order valence-electron chi connectivity index (χ4n) is 2.31. The van der Waals surface area contributed by atoms with E-state index >= 15 is 0 Å². The standard InChI is InChI=1S/C14H15FN4OS.BrH/c15-11-5-3-10(4-6-11)12(20)9-19-13(16)21-14(17-19)18-7-1-2-8-18;/h3-6,16H,1-2,7-9H2;1H. The number of ketones is 1. The lowest BCUT2D eigenvalue weighted by Crippen LogP contribution is -2.22. The van der Waals surface area contributed by atoms with Crippen LogP contribution in [0.2, 0.25) is 0 Å². The van der Waals surface area contributed by atoms with Crippen molar-refractivity contribution in [3.8, 4) is 0 Å². The van der Waals surface area contributed by atoms with Crippen LogP contribution in [0.1, 0.15) is 23.2 Å². The molecule has 1 fully saturated rings. The molecule has 5 nitrogen and oxygen atoms in total. The number of halogens is 2. The number of Topliss-reactive ketones (excluding diaryl/α,β-unsaturated/α-hetero) is 1. The van der Waals surface area contributed by atoms with Crippen molar-refractivity contribution in [2.45, 2.75) is 19.4 Å². The summed E-state index contributed by atoms with van der Waals surface area (Å²) in [6.45, 7) is 1.92. The fraction of sp³-hybridized carbons (Fsp3) is 0.357. The molecule has 0 radical (unpaired) electrons. The van der Waals surface area contributed by atoms with Gasteiger partial charge in [-0.2, -0.15) is 0 Å². The van der Waals surface area contributed by atoms with Crippen LogP contribution < -0.4 is 9.70 Å². The number of anilines is 1. The van der Waals surface area contributed by atoms with Gasteiger partial charge in [-0.1, -0.05) is 11.3 Å². The molecule has 1 N–H and O–H groups in total. The number of carbonyl (C=O) groups excluding carboxylic acids is 1. The SMILES string of the molecule is Br.N=c1sc(N2CCCC2)nn1CC(=O)c1ccc(F)cc1. The monoisotopic (exact) mass is 386 g/mol. The summed E-state index contributed by atoms with van der Waals surface area (Å²) in [5.74, 6) is -0.544. The summed E-state index contributed by atoms with van der Waals surface area (Å²) in [4.78, 5) is 14.5. The predicted molar refractivity (Wildman–Crippen MR) is 88.5 cm³/mol. The van der Waals surface area contributed by atoms with Crippen LogP contribution in [0.3, 0.4) is 0 Å². The van der Waals surface area contributed by atoms with Crippen molar-refractivity contribution in [3.63, 3.8) is 0 Å². The van der Waals surface area contributed by atoms with Gasteiger partial charge in [0.25, 0.3) is 0 Å². The van der Waals surface area contributed by atoms with Gasteiger partial charge < -0.3 is 4.90 Å². The Kier molecular flexibility index (Phi) is 5.47. The molecule has 0 bridgehead atoms. The lowest BCUT2D eigenvalue weighted by Gasteiger charge is -2.11. The highest BCUT2D eigenvalue weighted by molar-refractivity contribution is 8.93. The minimum Gasteiger partial charge on any atom is -0.347 e. The first-order valence-corrected chi connectivity index (χ1v) is 7.61. The van der Waals surface area contributed by atoms with Gasteiger partial charge >= 0.3 is 0 Å². The Hall–Kier alpha value is -1.54. The Balaban J connectivity index is 0.00000176. The highest BCUT2D eigenvalue weighted by atomic mass is 79.9. The maximum absolute atomic E-state index is 12.9. The maximum Gasteiger partial charge on any atom is 0.207 e. The summed E-state index contributed by atoms with van der Waals surface area (Å²) in [5.41, 5.74) is 0.430. The third-order valence-electron chi connectivity index (χ3n) is 3.46. The number of hydrogen-bond acceptors (Lipinski definition) is 5. The van der Waals surface area contributed by atoms with Crippen LogP contribution in [0, 0.1) is 11.2 Å². The van der Waals surface area contributed by atoms with Crippen LogP contribution in [0.5, 0.6) is 0 Å². The van der Waals surface area contributed by atoms with Crippen molar-refractivity contribution < 1.29 is 9.18 Å². The Bertz CT molecular complexity index is 706. The Morgan fingerprint density at radius 1 is 1.27 bits per heavy atom. The average Bonchev–Trinajstić information content (AvgIpc) is 3.10. The summed E-state index contributed by atoms with van der Waals surface area (Å²) in [6.07, 6.45) is 2.28. The molecule has 0 aliphatic carbocycles. The lowest BCUT2D eigenvalue weighted by molar-refractivity contribution is 0.0966. The van der Waals surface area contributed by atoms with E-state index in [0.717, 1.165) is 31.1 Å². The van der Waals surface area contributed by atoms with Gasteiger partial charge in [0.1, 0.15) is 12.4 Å². The number of hydrogen-bond donors (Lipinski definition) is 1. The topological polar surface area (TPSA) is 62.0 Å². The van der Waals surface area contributed by atoms with Crippen LogP contribution in [0.15, 0.2) is 24.3 Å². The fourth-order valence-corrected chi connectivity index (χ4v) is 3.15. The van der Waals surface area contributed by atoms with Crippen LogP contribution in [0.25, 0.3) is 0 Å². The molecule has 2 aromatic rings. The van der Waals surface area contributed by atoms with Crippen molar-refractivity contribution in [1.82, 2.24) is 9.78 Å². The summed E-state index contributed by atoms with van der Waals surface area (Å²) in [6, 6.07) is 5.43. The van der Waals surface area contributed by atoms with Gasteiger partial charge in [-0.25, -0.2) is 9.07 Å². The second kappa shape index (κ2) is 7.15. The molecule has 0 amide bonds. The van der Waals surface area contributed by atoms with E-state index in [-0.39, 0.29) is 39.9 Å². The lowest BCUT2D eigenvalue weighted by atomic mass is 10.1. The van der Waals surface area contributed by atoms with Crippen molar-refractivity contribution in [3.05, 3.63) is 40.4 Å². The molecule has 22 heavy (non-hydrogen) atoms. The van der Waals surface area contributed by atoms with Gasteiger partial charge in [0.2, 0.25) is 9.93 Å². The molecule has 3 rings (SSSR count). The molecule has 8 heteroatoms. The Labute approximate surface area is 141 Å². The van der Waals surface area contributed by atoms with Gasteiger partial charge in [-0.05, 0) is 37.1 Å². The smallest absolute Gasteiger partial charge is 0.207 e. The third-order valence-corrected chi connectivity index (χ3v) is 4.39. The minimum absolute atomic E-state index is 0. The van der Waals surface area contributed by atoms with E-state index in [0.29, 0.717) is 5.56 Å². The first-order valence-electron chi connectivity index (χ1n) is 6.80. The van der Waals surface area contributed by atoms with Crippen molar-refractivity contribution in [2.24, 2.45) is 0 Å². The molecule has 1 aliphatic heterocycles. The Morgan fingerprint density at radius 3 is 2.55 bits per heavy atom. The number of nitrogens with zero attached hydrogens (tertiary/aromatic N) is 3.